The molecule has 3 rings (SSSR count). The minimum Gasteiger partial charge on any atom is -0.496 e. The van der Waals surface area contributed by atoms with Crippen LogP contribution < -0.4 is 10.1 Å². The molecule has 0 spiro atoms. The van der Waals surface area contributed by atoms with Crippen molar-refractivity contribution < 1.29 is 18.3 Å². The molecular formula is C18H18F2N2O2. The van der Waals surface area contributed by atoms with E-state index in [0.29, 0.717) is 25.4 Å². The molecule has 2 aromatic carbocycles. The van der Waals surface area contributed by atoms with Gasteiger partial charge in [-0.25, -0.2) is 8.78 Å². The van der Waals surface area contributed by atoms with E-state index in [2.05, 4.69) is 5.32 Å². The Morgan fingerprint density at radius 2 is 2.00 bits per heavy atom. The van der Waals surface area contributed by atoms with Gasteiger partial charge in [0.1, 0.15) is 5.75 Å². The van der Waals surface area contributed by atoms with E-state index in [4.69, 9.17) is 4.74 Å². The summed E-state index contributed by atoms with van der Waals surface area (Å²) in [5.74, 6) is -2.00. The molecule has 126 valence electrons. The number of nitrogens with zero attached hydrogens (tertiary/aromatic N) is 1. The molecule has 0 aliphatic carbocycles. The minimum absolute atomic E-state index is 0.253. The molecule has 0 saturated carbocycles. The maximum absolute atomic E-state index is 14.0. The number of piperazine rings is 1. The number of benzene rings is 2. The van der Waals surface area contributed by atoms with Crippen LogP contribution in [0.3, 0.4) is 0 Å². The molecule has 1 amide bonds. The first-order chi connectivity index (χ1) is 11.6. The highest BCUT2D eigenvalue weighted by Crippen LogP contribution is 2.31. The van der Waals surface area contributed by atoms with Gasteiger partial charge in [-0.05, 0) is 18.2 Å². The number of carbonyl (C=O) groups excluding carboxylic acids is 1. The summed E-state index contributed by atoms with van der Waals surface area (Å²) in [5.41, 5.74) is 0.578. The molecule has 1 saturated heterocycles. The van der Waals surface area contributed by atoms with Crippen LogP contribution in [0.2, 0.25) is 0 Å². The number of amides is 1. The van der Waals surface area contributed by atoms with Crippen molar-refractivity contribution in [2.45, 2.75) is 6.04 Å². The molecule has 1 aliphatic rings. The zero-order valence-corrected chi connectivity index (χ0v) is 13.3. The standard InChI is InChI=1S/C18H18F2N2O2/c1-24-16-8-3-2-5-12(16)15-11-21-9-10-22(15)18(23)13-6-4-7-14(19)17(13)20/h2-8,15,21H,9-11H2,1H3. The highest BCUT2D eigenvalue weighted by Gasteiger charge is 2.32. The van der Waals surface area contributed by atoms with Crippen molar-refractivity contribution in [3.05, 3.63) is 65.2 Å². The molecule has 24 heavy (non-hydrogen) atoms. The number of para-hydroxylation sites is 1. The molecule has 1 N–H and O–H groups in total. The van der Waals surface area contributed by atoms with E-state index < -0.39 is 17.5 Å². The lowest BCUT2D eigenvalue weighted by Crippen LogP contribution is -2.49. The Morgan fingerprint density at radius 1 is 1.21 bits per heavy atom. The molecule has 1 fully saturated rings. The van der Waals surface area contributed by atoms with E-state index in [9.17, 15) is 13.6 Å². The Balaban J connectivity index is 1.98. The van der Waals surface area contributed by atoms with Gasteiger partial charge in [0, 0.05) is 25.2 Å². The van der Waals surface area contributed by atoms with Gasteiger partial charge in [0.05, 0.1) is 18.7 Å². The van der Waals surface area contributed by atoms with E-state index in [1.165, 1.54) is 12.1 Å². The number of hydrogen-bond acceptors (Lipinski definition) is 3. The van der Waals surface area contributed by atoms with E-state index in [0.717, 1.165) is 11.6 Å². The molecular weight excluding hydrogens is 314 g/mol. The molecule has 0 radical (unpaired) electrons. The summed E-state index contributed by atoms with van der Waals surface area (Å²) in [7, 11) is 1.56. The van der Waals surface area contributed by atoms with Crippen molar-refractivity contribution in [3.63, 3.8) is 0 Å². The highest BCUT2D eigenvalue weighted by atomic mass is 19.2. The monoisotopic (exact) mass is 332 g/mol. The Bertz CT molecular complexity index is 752. The lowest BCUT2D eigenvalue weighted by molar-refractivity contribution is 0.0625. The van der Waals surface area contributed by atoms with Crippen LogP contribution in [-0.4, -0.2) is 37.6 Å². The summed E-state index contributed by atoms with van der Waals surface area (Å²) in [4.78, 5) is 14.4. The van der Waals surface area contributed by atoms with Crippen molar-refractivity contribution in [3.8, 4) is 5.75 Å². The number of nitrogens with one attached hydrogen (secondary N) is 1. The van der Waals surface area contributed by atoms with E-state index in [1.807, 2.05) is 24.3 Å². The van der Waals surface area contributed by atoms with Crippen LogP contribution in [0.15, 0.2) is 42.5 Å². The van der Waals surface area contributed by atoms with Crippen molar-refractivity contribution in [2.75, 3.05) is 26.7 Å². The lowest BCUT2D eigenvalue weighted by atomic mass is 10.0. The van der Waals surface area contributed by atoms with Crippen molar-refractivity contribution in [1.82, 2.24) is 10.2 Å². The van der Waals surface area contributed by atoms with E-state index in [-0.39, 0.29) is 11.6 Å². The Kier molecular flexibility index (Phi) is 4.76. The first-order valence-electron chi connectivity index (χ1n) is 7.72. The van der Waals surface area contributed by atoms with Gasteiger partial charge >= 0.3 is 0 Å². The van der Waals surface area contributed by atoms with Crippen molar-refractivity contribution in [1.29, 1.82) is 0 Å². The molecule has 1 unspecified atom stereocenters. The van der Waals surface area contributed by atoms with Gasteiger partial charge in [0.2, 0.25) is 0 Å². The Labute approximate surface area is 139 Å². The zero-order valence-electron chi connectivity index (χ0n) is 13.3. The molecule has 1 aliphatic heterocycles. The normalized spacial score (nSPS) is 17.6. The van der Waals surface area contributed by atoms with E-state index in [1.54, 1.807) is 12.0 Å². The molecule has 0 bridgehead atoms. The van der Waals surface area contributed by atoms with Gasteiger partial charge in [0.15, 0.2) is 11.6 Å². The van der Waals surface area contributed by atoms with E-state index >= 15 is 0 Å². The number of carbonyl (C=O) groups is 1. The first-order valence-corrected chi connectivity index (χ1v) is 7.72. The van der Waals surface area contributed by atoms with Crippen LogP contribution in [0.1, 0.15) is 22.0 Å². The predicted molar refractivity (Wildman–Crippen MR) is 86.0 cm³/mol. The summed E-state index contributed by atoms with van der Waals surface area (Å²) in [6.45, 7) is 1.51. The molecule has 1 heterocycles. The number of ether oxygens (including phenoxy) is 1. The van der Waals surface area contributed by atoms with Crippen LogP contribution >= 0.6 is 0 Å². The zero-order chi connectivity index (χ0) is 17.1. The maximum Gasteiger partial charge on any atom is 0.257 e. The van der Waals surface area contributed by atoms with Gasteiger partial charge in [-0.15, -0.1) is 0 Å². The van der Waals surface area contributed by atoms with Gasteiger partial charge in [0.25, 0.3) is 5.91 Å². The Morgan fingerprint density at radius 3 is 2.79 bits per heavy atom. The summed E-state index contributed by atoms with van der Waals surface area (Å²) in [5, 5.41) is 3.23. The largest absolute Gasteiger partial charge is 0.496 e. The molecule has 1 atom stereocenters. The average Bonchev–Trinajstić information content (AvgIpc) is 2.63. The number of rotatable bonds is 3. The second kappa shape index (κ2) is 6.97. The third kappa shape index (κ3) is 2.97. The highest BCUT2D eigenvalue weighted by molar-refractivity contribution is 5.95. The van der Waals surface area contributed by atoms with Gasteiger partial charge < -0.3 is 15.0 Å². The third-order valence-electron chi connectivity index (χ3n) is 4.18. The van der Waals surface area contributed by atoms with Gasteiger partial charge in [-0.1, -0.05) is 24.3 Å². The second-order valence-corrected chi connectivity index (χ2v) is 5.56. The number of halogens is 2. The fraction of sp³-hybridized carbons (Fsp3) is 0.278. The maximum atomic E-state index is 14.0. The van der Waals surface area contributed by atoms with Gasteiger partial charge in [-0.2, -0.15) is 0 Å². The molecule has 0 aromatic heterocycles. The topological polar surface area (TPSA) is 41.6 Å². The van der Waals surface area contributed by atoms with Crippen molar-refractivity contribution >= 4 is 5.91 Å². The second-order valence-electron chi connectivity index (χ2n) is 5.56. The fourth-order valence-corrected chi connectivity index (χ4v) is 2.99. The van der Waals surface area contributed by atoms with Crippen LogP contribution in [0.4, 0.5) is 8.78 Å². The summed E-state index contributed by atoms with van der Waals surface area (Å²) in [6.07, 6.45) is 0. The summed E-state index contributed by atoms with van der Waals surface area (Å²) in [6, 6.07) is 10.7. The Hall–Kier alpha value is -2.47. The van der Waals surface area contributed by atoms with Crippen LogP contribution in [0.5, 0.6) is 5.75 Å². The third-order valence-corrected chi connectivity index (χ3v) is 4.18. The van der Waals surface area contributed by atoms with Gasteiger partial charge in [-0.3, -0.25) is 4.79 Å². The fourth-order valence-electron chi connectivity index (χ4n) is 2.99. The van der Waals surface area contributed by atoms with Crippen LogP contribution in [0.25, 0.3) is 0 Å². The molecule has 4 nitrogen and oxygen atoms in total. The first kappa shape index (κ1) is 16.4. The smallest absolute Gasteiger partial charge is 0.257 e. The average molecular weight is 332 g/mol. The predicted octanol–water partition coefficient (Wildman–Crippen LogP) is 2.76. The molecule has 6 heteroatoms. The number of methoxy groups -OCH3 is 1. The van der Waals surface area contributed by atoms with Crippen molar-refractivity contribution in [2.24, 2.45) is 0 Å². The number of hydrogen-bond donors (Lipinski definition) is 1. The SMILES string of the molecule is COc1ccccc1C1CNCCN1C(=O)c1cccc(F)c1F. The van der Waals surface area contributed by atoms with Crippen LogP contribution in [0, 0.1) is 11.6 Å². The van der Waals surface area contributed by atoms with Crippen LogP contribution in [-0.2, 0) is 0 Å². The molecule has 2 aromatic rings. The minimum atomic E-state index is -1.11. The quantitative estimate of drug-likeness (QED) is 0.940. The summed E-state index contributed by atoms with van der Waals surface area (Å²) >= 11 is 0. The lowest BCUT2D eigenvalue weighted by Gasteiger charge is -2.37. The summed E-state index contributed by atoms with van der Waals surface area (Å²) < 4.78 is 32.9.